The third-order valence-corrected chi connectivity index (χ3v) is 1.68. The molecule has 0 fully saturated rings. The van der Waals surface area contributed by atoms with Gasteiger partial charge >= 0.3 is 5.97 Å². The second-order valence-corrected chi connectivity index (χ2v) is 2.70. The summed E-state index contributed by atoms with van der Waals surface area (Å²) >= 11 is 0. The summed E-state index contributed by atoms with van der Waals surface area (Å²) in [6, 6.07) is 3.55. The summed E-state index contributed by atoms with van der Waals surface area (Å²) in [5.41, 5.74) is -0.376. The zero-order valence-corrected chi connectivity index (χ0v) is 8.20. The first-order valence-corrected chi connectivity index (χ1v) is 4.38. The molecule has 0 spiro atoms. The number of benzene rings is 1. The third kappa shape index (κ3) is 3.21. The van der Waals surface area contributed by atoms with Crippen LogP contribution in [0.1, 0.15) is 17.3 Å². The van der Waals surface area contributed by atoms with Crippen molar-refractivity contribution in [3.63, 3.8) is 0 Å². The average molecular weight is 214 g/mol. The summed E-state index contributed by atoms with van der Waals surface area (Å²) in [5.74, 6) is -1.88. The van der Waals surface area contributed by atoms with Crippen molar-refractivity contribution in [2.24, 2.45) is 0 Å². The van der Waals surface area contributed by atoms with Crippen LogP contribution in [0.25, 0.3) is 0 Å². The van der Waals surface area contributed by atoms with E-state index in [2.05, 4.69) is 0 Å². The molecule has 0 unspecified atom stereocenters. The molecule has 0 saturated heterocycles. The Morgan fingerprint density at radius 3 is 2.80 bits per heavy atom. The molecule has 1 aromatic rings. The molecule has 0 amide bonds. The van der Waals surface area contributed by atoms with Gasteiger partial charge in [-0.3, -0.25) is 0 Å². The van der Waals surface area contributed by atoms with E-state index >= 15 is 0 Å². The van der Waals surface area contributed by atoms with Gasteiger partial charge in [0.1, 0.15) is 11.6 Å². The summed E-state index contributed by atoms with van der Waals surface area (Å²) in [7, 11) is 0. The molecule has 0 aliphatic heterocycles. The van der Waals surface area contributed by atoms with E-state index < -0.39 is 11.8 Å². The minimum absolute atomic E-state index is 0.0162. The molecule has 0 saturated carbocycles. The normalized spacial score (nSPS) is 10.0. The quantitative estimate of drug-likeness (QED) is 0.600. The topological polar surface area (TPSA) is 55.8 Å². The summed E-state index contributed by atoms with van der Waals surface area (Å²) in [5, 5.41) is 8.57. The molecule has 82 valence electrons. The zero-order valence-electron chi connectivity index (χ0n) is 8.20. The molecule has 0 aliphatic rings. The Bertz CT molecular complexity index is 351. The molecule has 5 heteroatoms. The fourth-order valence-corrected chi connectivity index (χ4v) is 0.952. The van der Waals surface area contributed by atoms with Crippen LogP contribution in [0.15, 0.2) is 18.2 Å². The van der Waals surface area contributed by atoms with E-state index in [-0.39, 0.29) is 18.1 Å². The fraction of sp³-hybridized carbons (Fsp3) is 0.300. The van der Waals surface area contributed by atoms with Gasteiger partial charge in [-0.05, 0) is 19.1 Å². The van der Waals surface area contributed by atoms with Crippen molar-refractivity contribution >= 4 is 5.97 Å². The van der Waals surface area contributed by atoms with Crippen molar-refractivity contribution in [3.8, 4) is 5.75 Å². The van der Waals surface area contributed by atoms with Crippen LogP contribution in [0.2, 0.25) is 0 Å². The molecule has 4 nitrogen and oxygen atoms in total. The molecule has 0 atom stereocenters. The summed E-state index contributed by atoms with van der Waals surface area (Å²) in [6.07, 6.45) is 0. The van der Waals surface area contributed by atoms with Crippen LogP contribution in [0.5, 0.6) is 5.75 Å². The van der Waals surface area contributed by atoms with Crippen molar-refractivity contribution in [1.82, 2.24) is 0 Å². The van der Waals surface area contributed by atoms with Gasteiger partial charge in [0.05, 0.1) is 5.56 Å². The number of rotatable bonds is 5. The third-order valence-electron chi connectivity index (χ3n) is 1.68. The molecule has 15 heavy (non-hydrogen) atoms. The maximum atomic E-state index is 13.1. The van der Waals surface area contributed by atoms with Gasteiger partial charge in [-0.2, -0.15) is 0 Å². The number of hydrogen-bond acceptors (Lipinski definition) is 3. The minimum Gasteiger partial charge on any atom is -0.478 e. The van der Waals surface area contributed by atoms with Crippen LogP contribution in [0.4, 0.5) is 4.39 Å². The van der Waals surface area contributed by atoms with Gasteiger partial charge in [-0.15, -0.1) is 0 Å². The molecular formula is C10H11FO4. The lowest BCUT2D eigenvalue weighted by atomic mass is 10.2. The van der Waals surface area contributed by atoms with Crippen LogP contribution in [-0.4, -0.2) is 24.5 Å². The van der Waals surface area contributed by atoms with Crippen molar-refractivity contribution in [2.75, 3.05) is 13.4 Å². The summed E-state index contributed by atoms with van der Waals surface area (Å²) in [4.78, 5) is 10.5. The molecule has 0 radical (unpaired) electrons. The van der Waals surface area contributed by atoms with Crippen molar-refractivity contribution in [2.45, 2.75) is 6.92 Å². The molecular weight excluding hydrogens is 203 g/mol. The maximum absolute atomic E-state index is 13.1. The molecule has 0 aromatic heterocycles. The van der Waals surface area contributed by atoms with E-state index in [1.807, 2.05) is 0 Å². The Balaban J connectivity index is 2.69. The van der Waals surface area contributed by atoms with Gasteiger partial charge in [0, 0.05) is 12.7 Å². The number of aromatic carboxylic acids is 1. The van der Waals surface area contributed by atoms with Gasteiger partial charge in [-0.25, -0.2) is 9.18 Å². The Labute approximate surface area is 86.2 Å². The highest BCUT2D eigenvalue weighted by molar-refractivity contribution is 5.88. The fourth-order valence-electron chi connectivity index (χ4n) is 0.952. The number of carboxylic acids is 1. The van der Waals surface area contributed by atoms with Gasteiger partial charge < -0.3 is 14.6 Å². The van der Waals surface area contributed by atoms with Gasteiger partial charge in [-0.1, -0.05) is 0 Å². The lowest BCUT2D eigenvalue weighted by Gasteiger charge is -2.06. The highest BCUT2D eigenvalue weighted by Gasteiger charge is 2.10. The molecule has 0 aliphatic carbocycles. The van der Waals surface area contributed by atoms with Crippen LogP contribution in [0, 0.1) is 5.82 Å². The van der Waals surface area contributed by atoms with E-state index in [1.165, 1.54) is 6.07 Å². The summed E-state index contributed by atoms with van der Waals surface area (Å²) < 4.78 is 23.0. The van der Waals surface area contributed by atoms with Gasteiger partial charge in [0.15, 0.2) is 6.79 Å². The minimum atomic E-state index is -1.30. The van der Waals surface area contributed by atoms with E-state index in [4.69, 9.17) is 14.6 Å². The lowest BCUT2D eigenvalue weighted by molar-refractivity contribution is 0.0222. The smallest absolute Gasteiger partial charge is 0.338 e. The molecule has 1 rings (SSSR count). The Kier molecular flexibility index (Phi) is 4.05. The second-order valence-electron chi connectivity index (χ2n) is 2.70. The maximum Gasteiger partial charge on any atom is 0.338 e. The zero-order chi connectivity index (χ0) is 11.3. The number of halogens is 1. The van der Waals surface area contributed by atoms with Gasteiger partial charge in [0.25, 0.3) is 0 Å². The molecule has 1 aromatic carbocycles. The van der Waals surface area contributed by atoms with E-state index in [0.29, 0.717) is 6.61 Å². The monoisotopic (exact) mass is 214 g/mol. The number of hydrogen-bond donors (Lipinski definition) is 1. The van der Waals surface area contributed by atoms with E-state index in [0.717, 1.165) is 12.1 Å². The van der Waals surface area contributed by atoms with Crippen molar-refractivity contribution in [3.05, 3.63) is 29.6 Å². The first-order chi connectivity index (χ1) is 7.15. The molecule has 1 N–H and O–H groups in total. The predicted octanol–water partition coefficient (Wildman–Crippen LogP) is 1.90. The first kappa shape index (κ1) is 11.5. The number of ether oxygens (including phenoxy) is 2. The van der Waals surface area contributed by atoms with Crippen LogP contribution in [-0.2, 0) is 4.74 Å². The highest BCUT2D eigenvalue weighted by Crippen LogP contribution is 2.16. The Morgan fingerprint density at radius 2 is 2.27 bits per heavy atom. The van der Waals surface area contributed by atoms with Crippen molar-refractivity contribution < 1.29 is 23.8 Å². The molecule has 0 heterocycles. The van der Waals surface area contributed by atoms with E-state index in [1.54, 1.807) is 6.92 Å². The lowest BCUT2D eigenvalue weighted by Crippen LogP contribution is -2.04. The predicted molar refractivity (Wildman–Crippen MR) is 50.5 cm³/mol. The largest absolute Gasteiger partial charge is 0.478 e. The van der Waals surface area contributed by atoms with Crippen LogP contribution in [0.3, 0.4) is 0 Å². The number of carboxylic acid groups (broad SMARTS) is 1. The SMILES string of the molecule is CCOCOc1ccc(C(=O)O)c(F)c1. The van der Waals surface area contributed by atoms with Crippen LogP contribution >= 0.6 is 0 Å². The van der Waals surface area contributed by atoms with E-state index in [9.17, 15) is 9.18 Å². The molecule has 0 bridgehead atoms. The average Bonchev–Trinajstić information content (AvgIpc) is 2.17. The summed E-state index contributed by atoms with van der Waals surface area (Å²) in [6.45, 7) is 2.31. The standard InChI is InChI=1S/C10H11FO4/c1-2-14-6-15-7-3-4-8(10(12)13)9(11)5-7/h3-5H,2,6H2,1H3,(H,12,13). The van der Waals surface area contributed by atoms with Gasteiger partial charge in [0.2, 0.25) is 0 Å². The first-order valence-electron chi connectivity index (χ1n) is 4.38. The Hall–Kier alpha value is -1.62. The Morgan fingerprint density at radius 1 is 1.53 bits per heavy atom. The van der Waals surface area contributed by atoms with Crippen LogP contribution < -0.4 is 4.74 Å². The number of carbonyl (C=O) groups is 1. The second kappa shape index (κ2) is 5.31. The highest BCUT2D eigenvalue weighted by atomic mass is 19.1. The van der Waals surface area contributed by atoms with Crippen molar-refractivity contribution in [1.29, 1.82) is 0 Å².